The van der Waals surface area contributed by atoms with Gasteiger partial charge in [0.15, 0.2) is 5.96 Å². The minimum Gasteiger partial charge on any atom is -0.494 e. The van der Waals surface area contributed by atoms with Gasteiger partial charge in [0, 0.05) is 18.5 Å². The Bertz CT molecular complexity index is 670. The number of nitrogens with one attached hydrogen (secondary N) is 2. The lowest BCUT2D eigenvalue weighted by Crippen LogP contribution is -2.37. The van der Waals surface area contributed by atoms with Crippen molar-refractivity contribution in [1.82, 2.24) is 15.6 Å². The zero-order chi connectivity index (χ0) is 17.4. The first kappa shape index (κ1) is 18.2. The Hall–Kier alpha value is -2.15. The molecule has 0 radical (unpaired) electrons. The predicted octanol–water partition coefficient (Wildman–Crippen LogP) is 3.03. The average Bonchev–Trinajstić information content (AvgIpc) is 2.89. The van der Waals surface area contributed by atoms with Crippen LogP contribution in [0.5, 0.6) is 5.75 Å². The molecule has 0 aliphatic carbocycles. The number of hydrogen-bond donors (Lipinski definition) is 2. The maximum atomic E-state index is 12.8. The van der Waals surface area contributed by atoms with E-state index in [1.807, 2.05) is 13.8 Å². The van der Waals surface area contributed by atoms with Crippen molar-refractivity contribution in [1.29, 1.82) is 0 Å². The number of aryl methyl sites for hydroxylation is 2. The minimum atomic E-state index is -0.259. The fourth-order valence-electron chi connectivity index (χ4n) is 2.12. The van der Waals surface area contributed by atoms with Crippen molar-refractivity contribution < 1.29 is 9.13 Å². The van der Waals surface area contributed by atoms with Gasteiger partial charge in [-0.25, -0.2) is 9.37 Å². The second-order valence-corrected chi connectivity index (χ2v) is 6.54. The van der Waals surface area contributed by atoms with Crippen LogP contribution in [0.3, 0.4) is 0 Å². The third kappa shape index (κ3) is 5.81. The standard InChI is InChI=1S/C17H23FN4OS/c1-12-16(24-13(2)22-12)11-21-17(19-3)20-9-4-10-23-15-7-5-14(18)6-8-15/h5-8H,4,9-11H2,1-3H3,(H2,19,20,21). The summed E-state index contributed by atoms with van der Waals surface area (Å²) in [6.45, 7) is 6.03. The Morgan fingerprint density at radius 1 is 1.25 bits per heavy atom. The molecule has 5 nitrogen and oxygen atoms in total. The molecular weight excluding hydrogens is 327 g/mol. The van der Waals surface area contributed by atoms with Gasteiger partial charge in [0.1, 0.15) is 11.6 Å². The molecule has 0 saturated heterocycles. The van der Waals surface area contributed by atoms with E-state index in [-0.39, 0.29) is 5.82 Å². The van der Waals surface area contributed by atoms with Crippen LogP contribution in [-0.4, -0.2) is 31.1 Å². The summed E-state index contributed by atoms with van der Waals surface area (Å²) in [4.78, 5) is 9.83. The maximum absolute atomic E-state index is 12.8. The van der Waals surface area contributed by atoms with Crippen LogP contribution < -0.4 is 15.4 Å². The highest BCUT2D eigenvalue weighted by Crippen LogP contribution is 2.16. The molecule has 0 aliphatic rings. The van der Waals surface area contributed by atoms with E-state index in [2.05, 4.69) is 20.6 Å². The Morgan fingerprint density at radius 2 is 2.00 bits per heavy atom. The number of benzene rings is 1. The number of ether oxygens (including phenoxy) is 1. The van der Waals surface area contributed by atoms with E-state index in [9.17, 15) is 4.39 Å². The van der Waals surface area contributed by atoms with Gasteiger partial charge in [0.2, 0.25) is 0 Å². The Balaban J connectivity index is 1.64. The summed E-state index contributed by atoms with van der Waals surface area (Å²) in [6, 6.07) is 6.04. The van der Waals surface area contributed by atoms with Crippen molar-refractivity contribution in [2.45, 2.75) is 26.8 Å². The monoisotopic (exact) mass is 350 g/mol. The van der Waals surface area contributed by atoms with E-state index in [4.69, 9.17) is 4.74 Å². The molecule has 0 unspecified atom stereocenters. The van der Waals surface area contributed by atoms with Gasteiger partial charge in [0.25, 0.3) is 0 Å². The van der Waals surface area contributed by atoms with E-state index in [1.54, 1.807) is 30.5 Å². The first-order valence-corrected chi connectivity index (χ1v) is 8.66. The van der Waals surface area contributed by atoms with Crippen LogP contribution in [0.2, 0.25) is 0 Å². The molecule has 2 rings (SSSR count). The zero-order valence-electron chi connectivity index (χ0n) is 14.2. The van der Waals surface area contributed by atoms with Gasteiger partial charge < -0.3 is 15.4 Å². The minimum absolute atomic E-state index is 0.259. The van der Waals surface area contributed by atoms with Crippen molar-refractivity contribution in [2.75, 3.05) is 20.2 Å². The molecule has 0 spiro atoms. The van der Waals surface area contributed by atoms with Crippen molar-refractivity contribution in [3.05, 3.63) is 45.7 Å². The van der Waals surface area contributed by atoms with E-state index in [1.165, 1.54) is 17.0 Å². The fourth-order valence-corrected chi connectivity index (χ4v) is 3.00. The summed E-state index contributed by atoms with van der Waals surface area (Å²) in [5, 5.41) is 7.60. The third-order valence-corrected chi connectivity index (χ3v) is 4.41. The highest BCUT2D eigenvalue weighted by molar-refractivity contribution is 7.11. The van der Waals surface area contributed by atoms with Crippen LogP contribution in [-0.2, 0) is 6.54 Å². The molecule has 2 aromatic rings. The summed E-state index contributed by atoms with van der Waals surface area (Å²) in [5.41, 5.74) is 1.06. The number of thiazole rings is 1. The van der Waals surface area contributed by atoms with Crippen molar-refractivity contribution in [2.24, 2.45) is 4.99 Å². The molecule has 0 bridgehead atoms. The van der Waals surface area contributed by atoms with Crippen LogP contribution in [0, 0.1) is 19.7 Å². The van der Waals surface area contributed by atoms with Crippen LogP contribution in [0.25, 0.3) is 0 Å². The van der Waals surface area contributed by atoms with Crippen LogP contribution >= 0.6 is 11.3 Å². The largest absolute Gasteiger partial charge is 0.494 e. The summed E-state index contributed by atoms with van der Waals surface area (Å²) in [5.74, 6) is 1.17. The Morgan fingerprint density at radius 3 is 2.62 bits per heavy atom. The predicted molar refractivity (Wildman–Crippen MR) is 96.3 cm³/mol. The molecule has 130 valence electrons. The quantitative estimate of drug-likeness (QED) is 0.458. The summed E-state index contributed by atoms with van der Waals surface area (Å²) in [7, 11) is 1.75. The number of guanidine groups is 1. The maximum Gasteiger partial charge on any atom is 0.191 e. The van der Waals surface area contributed by atoms with Crippen LogP contribution in [0.4, 0.5) is 4.39 Å². The molecular formula is C17H23FN4OS. The van der Waals surface area contributed by atoms with Gasteiger partial charge in [-0.05, 0) is 44.5 Å². The SMILES string of the molecule is CN=C(NCCCOc1ccc(F)cc1)NCc1sc(C)nc1C. The average molecular weight is 350 g/mol. The lowest BCUT2D eigenvalue weighted by atomic mass is 10.3. The number of aliphatic imine (C=N–C) groups is 1. The first-order chi connectivity index (χ1) is 11.6. The second kappa shape index (κ2) is 9.22. The molecule has 1 aromatic heterocycles. The number of halogens is 1. The summed E-state index contributed by atoms with van der Waals surface area (Å²) >= 11 is 1.69. The zero-order valence-corrected chi connectivity index (χ0v) is 15.0. The number of hydrogen-bond acceptors (Lipinski definition) is 4. The van der Waals surface area contributed by atoms with E-state index < -0.39 is 0 Å². The van der Waals surface area contributed by atoms with Gasteiger partial charge in [-0.1, -0.05) is 0 Å². The molecule has 1 heterocycles. The normalized spacial score (nSPS) is 11.4. The number of aromatic nitrogens is 1. The smallest absolute Gasteiger partial charge is 0.191 e. The van der Waals surface area contributed by atoms with Gasteiger partial charge in [-0.3, -0.25) is 4.99 Å². The number of rotatable bonds is 7. The molecule has 7 heteroatoms. The molecule has 24 heavy (non-hydrogen) atoms. The molecule has 0 amide bonds. The Kier molecular flexibility index (Phi) is 6.99. The van der Waals surface area contributed by atoms with Crippen molar-refractivity contribution >= 4 is 17.3 Å². The van der Waals surface area contributed by atoms with Crippen molar-refractivity contribution in [3.8, 4) is 5.75 Å². The van der Waals surface area contributed by atoms with E-state index in [0.717, 1.165) is 29.6 Å². The van der Waals surface area contributed by atoms with Gasteiger partial charge >= 0.3 is 0 Å². The van der Waals surface area contributed by atoms with Gasteiger partial charge in [-0.2, -0.15) is 0 Å². The third-order valence-electron chi connectivity index (χ3n) is 3.34. The highest BCUT2D eigenvalue weighted by Gasteiger charge is 2.05. The number of nitrogens with zero attached hydrogens (tertiary/aromatic N) is 2. The summed E-state index contributed by atoms with van der Waals surface area (Å²) in [6.07, 6.45) is 0.816. The highest BCUT2D eigenvalue weighted by atomic mass is 32.1. The van der Waals surface area contributed by atoms with Gasteiger partial charge in [-0.15, -0.1) is 11.3 Å². The van der Waals surface area contributed by atoms with Gasteiger partial charge in [0.05, 0.1) is 23.9 Å². The molecule has 0 aliphatic heterocycles. The lowest BCUT2D eigenvalue weighted by molar-refractivity contribution is 0.310. The molecule has 1 aromatic carbocycles. The Labute approximate surface area is 146 Å². The van der Waals surface area contributed by atoms with E-state index >= 15 is 0 Å². The van der Waals surface area contributed by atoms with Crippen LogP contribution in [0.1, 0.15) is 22.0 Å². The molecule has 2 N–H and O–H groups in total. The topological polar surface area (TPSA) is 58.5 Å². The van der Waals surface area contributed by atoms with Crippen LogP contribution in [0.15, 0.2) is 29.3 Å². The lowest BCUT2D eigenvalue weighted by Gasteiger charge is -2.12. The first-order valence-electron chi connectivity index (χ1n) is 7.84. The molecule has 0 saturated carbocycles. The van der Waals surface area contributed by atoms with Crippen molar-refractivity contribution in [3.63, 3.8) is 0 Å². The summed E-state index contributed by atoms with van der Waals surface area (Å²) < 4.78 is 18.3. The second-order valence-electron chi connectivity index (χ2n) is 5.25. The fraction of sp³-hybridized carbons (Fsp3) is 0.412. The molecule has 0 atom stereocenters. The molecule has 0 fully saturated rings. The van der Waals surface area contributed by atoms with E-state index in [0.29, 0.717) is 18.9 Å².